The zero-order valence-electron chi connectivity index (χ0n) is 28.4. The van der Waals surface area contributed by atoms with E-state index >= 15 is 0 Å². The van der Waals surface area contributed by atoms with Crippen molar-refractivity contribution < 1.29 is 35.5 Å². The molecule has 0 fully saturated rings. The summed E-state index contributed by atoms with van der Waals surface area (Å²) in [6, 6.07) is 23.2. The molecule has 0 N–H and O–H groups in total. The van der Waals surface area contributed by atoms with Crippen LogP contribution in [0.5, 0.6) is 0 Å². The summed E-state index contributed by atoms with van der Waals surface area (Å²) in [4.78, 5) is 8.59. The van der Waals surface area contributed by atoms with Crippen LogP contribution in [0.25, 0.3) is 55.4 Å². The second-order valence-corrected chi connectivity index (χ2v) is 8.48. The molecule has 0 aliphatic rings. The van der Waals surface area contributed by atoms with Crippen molar-refractivity contribution in [2.24, 2.45) is 0 Å². The van der Waals surface area contributed by atoms with E-state index in [2.05, 4.69) is 67.4 Å². The van der Waals surface area contributed by atoms with E-state index in [1.165, 1.54) is 5.56 Å². The molecule has 1 radical (unpaired) electrons. The van der Waals surface area contributed by atoms with Gasteiger partial charge >= 0.3 is 0 Å². The predicted octanol–water partition coefficient (Wildman–Crippen LogP) is 8.76. The quantitative estimate of drug-likeness (QED) is 0.172. The van der Waals surface area contributed by atoms with Crippen LogP contribution in [0.1, 0.15) is 22.1 Å². The number of furan rings is 1. The molecule has 0 amide bonds. The number of fused-ring (bicyclic) bond motifs is 5. The Hall–Kier alpha value is -4.11. The molecule has 7 rings (SSSR count). The molecule has 0 saturated carbocycles. The number of para-hydroxylation sites is 2. The van der Waals surface area contributed by atoms with Crippen molar-refractivity contribution >= 4 is 32.8 Å². The zero-order chi connectivity index (χ0) is 32.2. The first-order valence-electron chi connectivity index (χ1n) is 15.6. The van der Waals surface area contributed by atoms with Crippen molar-refractivity contribution in [1.82, 2.24) is 9.97 Å². The smallest absolute Gasteiger partial charge is 0.134 e. The van der Waals surface area contributed by atoms with Gasteiger partial charge in [-0.25, -0.2) is 0 Å². The average molecular weight is 677 g/mol. The van der Waals surface area contributed by atoms with Crippen LogP contribution in [0.2, 0.25) is 0 Å². The van der Waals surface area contributed by atoms with Gasteiger partial charge in [-0.2, -0.15) is 0 Å². The molecule has 0 aliphatic heterocycles. The molecule has 0 saturated heterocycles. The van der Waals surface area contributed by atoms with Gasteiger partial charge in [0.05, 0.1) is 11.0 Å². The Morgan fingerprint density at radius 2 is 1.63 bits per heavy atom. The zero-order valence-corrected chi connectivity index (χ0v) is 22.8. The summed E-state index contributed by atoms with van der Waals surface area (Å²) in [5, 5.41) is 3.38. The third kappa shape index (κ3) is 5.02. The molecule has 4 aromatic carbocycles. The second kappa shape index (κ2) is 11.1. The van der Waals surface area contributed by atoms with Gasteiger partial charge in [0.1, 0.15) is 11.2 Å². The topological polar surface area (TPSA) is 38.9 Å². The second-order valence-electron chi connectivity index (χ2n) is 8.48. The molecule has 38 heavy (non-hydrogen) atoms. The Morgan fingerprint density at radius 1 is 0.842 bits per heavy atom. The maximum Gasteiger partial charge on any atom is 0.134 e. The minimum atomic E-state index is -0.526. The Kier molecular flexibility index (Phi) is 5.09. The molecule has 0 bridgehead atoms. The van der Waals surface area contributed by atoms with E-state index in [4.69, 9.17) is 20.4 Å². The first kappa shape index (κ1) is 17.4. The number of hydrogen-bond donors (Lipinski definition) is 0. The third-order valence-electron chi connectivity index (χ3n) is 5.82. The number of benzene rings is 4. The first-order valence-corrected chi connectivity index (χ1v) is 11.6. The fraction of sp³-hybridized carbons (Fsp3) is 0.0588. The maximum atomic E-state index is 7.75. The molecule has 4 heteroatoms. The van der Waals surface area contributed by atoms with E-state index in [1.54, 1.807) is 0 Å². The van der Waals surface area contributed by atoms with Crippen molar-refractivity contribution in [1.29, 1.82) is 0 Å². The van der Waals surface area contributed by atoms with Gasteiger partial charge in [0, 0.05) is 50.9 Å². The van der Waals surface area contributed by atoms with Crippen LogP contribution in [0.15, 0.2) is 114 Å². The van der Waals surface area contributed by atoms with E-state index in [0.29, 0.717) is 0 Å². The van der Waals surface area contributed by atoms with Gasteiger partial charge in [0.15, 0.2) is 0 Å². The van der Waals surface area contributed by atoms with Crippen molar-refractivity contribution in [3.63, 3.8) is 0 Å². The van der Waals surface area contributed by atoms with Crippen LogP contribution < -0.4 is 0 Å². The van der Waals surface area contributed by atoms with E-state index in [1.807, 2.05) is 24.3 Å². The third-order valence-corrected chi connectivity index (χ3v) is 5.82. The number of pyridine rings is 2. The van der Waals surface area contributed by atoms with Crippen LogP contribution in [-0.2, 0) is 20.1 Å². The van der Waals surface area contributed by atoms with Gasteiger partial charge in [0.2, 0.25) is 0 Å². The fourth-order valence-corrected chi connectivity index (χ4v) is 4.36. The summed E-state index contributed by atoms with van der Waals surface area (Å²) < 4.78 is 66.6. The Morgan fingerprint density at radius 3 is 2.50 bits per heavy atom. The van der Waals surface area contributed by atoms with E-state index in [0.717, 1.165) is 49.7 Å². The summed E-state index contributed by atoms with van der Waals surface area (Å²) >= 11 is 0. The first-order chi connectivity index (χ1) is 21.5. The standard InChI is InChI=1S/C23H16NO.C11H8N.Ir/c1-14-11-15(2)13-16(12-14)22-23-21(17-7-3-5-9-19(17)24-22)18-8-4-6-10-20(18)25-23;1-2-6-10(7-3-1)11-8-4-5-9-12-11;/h3-12H,1-2H3;1-6,8-9H;/q2*-1;/i;1D,2D,3D,4D,5D,6D,8D,9D;. The van der Waals surface area contributed by atoms with Crippen LogP contribution in [0.3, 0.4) is 0 Å². The number of rotatable bonds is 2. The number of aromatic nitrogens is 2. The van der Waals surface area contributed by atoms with Gasteiger partial charge in [-0.15, -0.1) is 70.7 Å². The Balaban J connectivity index is 0.000000182. The fourth-order valence-electron chi connectivity index (χ4n) is 4.36. The molecule has 3 aromatic heterocycles. The van der Waals surface area contributed by atoms with E-state index in [-0.39, 0.29) is 31.4 Å². The van der Waals surface area contributed by atoms with E-state index < -0.39 is 48.5 Å². The maximum absolute atomic E-state index is 7.75. The molecule has 0 aliphatic carbocycles. The van der Waals surface area contributed by atoms with Gasteiger partial charge in [-0.1, -0.05) is 62.3 Å². The van der Waals surface area contributed by atoms with E-state index in [9.17, 15) is 0 Å². The van der Waals surface area contributed by atoms with Gasteiger partial charge in [-0.3, -0.25) is 4.98 Å². The van der Waals surface area contributed by atoms with Gasteiger partial charge in [-0.05, 0) is 26.6 Å². The van der Waals surface area contributed by atoms with Crippen LogP contribution in [-0.4, -0.2) is 9.97 Å². The molecule has 3 nitrogen and oxygen atoms in total. The molecule has 0 spiro atoms. The minimum Gasteiger partial charge on any atom is -0.464 e. The molecule has 0 atom stereocenters. The molecule has 0 unspecified atom stereocenters. The predicted molar refractivity (Wildman–Crippen MR) is 151 cm³/mol. The molecular weight excluding hydrogens is 645 g/mol. The van der Waals surface area contributed by atoms with Crippen molar-refractivity contribution in [3.05, 3.63) is 132 Å². The van der Waals surface area contributed by atoms with Crippen LogP contribution >= 0.6 is 0 Å². The van der Waals surface area contributed by atoms with Crippen LogP contribution in [0.4, 0.5) is 0 Å². The Bertz CT molecular complexity index is 2220. The summed E-state index contributed by atoms with van der Waals surface area (Å²) in [6.07, 6.45) is -0.526. The number of nitrogens with zero attached hydrogens (tertiary/aromatic N) is 2. The van der Waals surface area contributed by atoms with Crippen molar-refractivity contribution in [2.75, 3.05) is 0 Å². The normalized spacial score (nSPS) is 13.6. The van der Waals surface area contributed by atoms with Gasteiger partial charge in [0.25, 0.3) is 0 Å². The summed E-state index contributed by atoms with van der Waals surface area (Å²) in [5.74, 6) is 0. The van der Waals surface area contributed by atoms with Crippen molar-refractivity contribution in [3.8, 4) is 22.5 Å². The van der Waals surface area contributed by atoms with Gasteiger partial charge < -0.3 is 9.40 Å². The summed E-state index contributed by atoms with van der Waals surface area (Å²) in [6.45, 7) is 4.16. The largest absolute Gasteiger partial charge is 0.464 e. The summed E-state index contributed by atoms with van der Waals surface area (Å²) in [5.41, 5.74) is 6.42. The number of hydrogen-bond acceptors (Lipinski definition) is 3. The van der Waals surface area contributed by atoms with Crippen LogP contribution in [0, 0.1) is 26.0 Å². The Labute approximate surface area is 246 Å². The monoisotopic (exact) mass is 677 g/mol. The molecule has 3 heterocycles. The SMILES string of the molecule is Cc1[c-]c(-c2nc3ccccc3c3c2oc2ccccc23)cc(C)c1.[2H]c1[c-]c(-c2nc([2H])c([2H])c([2H])c2[2H])c([2H])c([2H])c1[2H].[Ir]. The summed E-state index contributed by atoms with van der Waals surface area (Å²) in [7, 11) is 0. The van der Waals surface area contributed by atoms with Crippen molar-refractivity contribution in [2.45, 2.75) is 13.8 Å². The molecule has 187 valence electrons. The number of aryl methyl sites for hydroxylation is 2. The average Bonchev–Trinajstić information content (AvgIpc) is 3.42. The minimum absolute atomic E-state index is 0. The molecular formula is C34H24IrN2O-2. The molecule has 7 aromatic rings.